The van der Waals surface area contributed by atoms with Crippen molar-refractivity contribution in [3.8, 4) is 11.8 Å². The molecular weight excluding hydrogens is 530 g/mol. The molecule has 1 unspecified atom stereocenters. The van der Waals surface area contributed by atoms with Crippen molar-refractivity contribution in [2.24, 2.45) is 5.73 Å². The Morgan fingerprint density at radius 2 is 1.97 bits per heavy atom. The van der Waals surface area contributed by atoms with E-state index in [4.69, 9.17) is 33.7 Å². The molecule has 2 N–H and O–H groups in total. The van der Waals surface area contributed by atoms with Crippen LogP contribution in [-0.2, 0) is 16.0 Å². The van der Waals surface area contributed by atoms with E-state index >= 15 is 0 Å². The van der Waals surface area contributed by atoms with Crippen LogP contribution in [0.1, 0.15) is 37.7 Å². The van der Waals surface area contributed by atoms with Crippen molar-refractivity contribution >= 4 is 34.9 Å². The van der Waals surface area contributed by atoms with Crippen molar-refractivity contribution in [3.63, 3.8) is 0 Å². The van der Waals surface area contributed by atoms with Gasteiger partial charge in [-0.25, -0.2) is 4.39 Å². The summed E-state index contributed by atoms with van der Waals surface area (Å²) < 4.78 is 19.2. The minimum atomic E-state index is -0.694. The summed E-state index contributed by atoms with van der Waals surface area (Å²) in [6, 6.07) is 11.8. The molecule has 202 valence electrons. The number of hydrogen-bond acceptors (Lipinski definition) is 6. The second-order valence-corrected chi connectivity index (χ2v) is 10.7. The zero-order chi connectivity index (χ0) is 27.2. The summed E-state index contributed by atoms with van der Waals surface area (Å²) in [6.07, 6.45) is 2.18. The van der Waals surface area contributed by atoms with E-state index in [-0.39, 0.29) is 48.9 Å². The van der Waals surface area contributed by atoms with Gasteiger partial charge >= 0.3 is 0 Å². The Morgan fingerprint density at radius 1 is 1.21 bits per heavy atom. The first-order valence-electron chi connectivity index (χ1n) is 12.8. The Morgan fingerprint density at radius 3 is 2.68 bits per heavy atom. The first kappa shape index (κ1) is 28.3. The van der Waals surface area contributed by atoms with Crippen molar-refractivity contribution < 1.29 is 18.7 Å². The minimum Gasteiger partial charge on any atom is -0.492 e. The molecular formula is C28H31Cl2FN4O3. The van der Waals surface area contributed by atoms with Crippen LogP contribution in [0.25, 0.3) is 0 Å². The number of halogens is 3. The Labute approximate surface area is 232 Å². The van der Waals surface area contributed by atoms with Gasteiger partial charge in [0, 0.05) is 38.0 Å². The topological polar surface area (TPSA) is 99.7 Å². The third-order valence-electron chi connectivity index (χ3n) is 7.29. The summed E-state index contributed by atoms with van der Waals surface area (Å²) in [5, 5.41) is 10.1. The number of nitrogens with zero attached hydrogens (tertiary/aromatic N) is 3. The number of amides is 1. The number of hydrogen-bond donors (Lipinski definition) is 1. The van der Waals surface area contributed by atoms with Crippen LogP contribution in [0.3, 0.4) is 0 Å². The predicted octanol–water partition coefficient (Wildman–Crippen LogP) is 4.39. The van der Waals surface area contributed by atoms with Gasteiger partial charge < -0.3 is 15.4 Å². The number of carbonyl (C=O) groups is 2. The molecule has 2 aromatic carbocycles. The molecule has 2 aromatic rings. The molecule has 0 bridgehead atoms. The molecule has 2 fully saturated rings. The number of benzene rings is 2. The fraction of sp³-hybridized carbons (Fsp3) is 0.464. The Hall–Kier alpha value is -2.70. The lowest BCUT2D eigenvalue weighted by atomic mass is 9.97. The highest BCUT2D eigenvalue weighted by Crippen LogP contribution is 2.30. The van der Waals surface area contributed by atoms with E-state index in [0.29, 0.717) is 54.8 Å². The molecule has 2 heterocycles. The van der Waals surface area contributed by atoms with Crippen LogP contribution in [0.2, 0.25) is 10.0 Å². The molecule has 2 saturated heterocycles. The molecule has 4 rings (SSSR count). The zero-order valence-electron chi connectivity index (χ0n) is 21.0. The quantitative estimate of drug-likeness (QED) is 0.462. The SMILES string of the molecule is N#CCC[C@H](C(=O)CCc1ccc(Cl)c(Cl)c1)N1CCC(COc2ccc(F)cc2)N2C[C@H](N)C[C@H]2C1=O. The molecule has 4 atom stereocenters. The molecule has 0 aromatic heterocycles. The second-order valence-electron chi connectivity index (χ2n) is 9.87. The van der Waals surface area contributed by atoms with Crippen molar-refractivity contribution in [2.75, 3.05) is 19.7 Å². The van der Waals surface area contributed by atoms with Gasteiger partial charge in [-0.1, -0.05) is 29.3 Å². The van der Waals surface area contributed by atoms with Crippen molar-refractivity contribution in [2.45, 2.75) is 62.7 Å². The fourth-order valence-electron chi connectivity index (χ4n) is 5.33. The van der Waals surface area contributed by atoms with E-state index in [2.05, 4.69) is 11.0 Å². The van der Waals surface area contributed by atoms with Gasteiger partial charge in [0.25, 0.3) is 0 Å². The second kappa shape index (κ2) is 12.9. The zero-order valence-corrected chi connectivity index (χ0v) is 22.5. The molecule has 2 aliphatic heterocycles. The Balaban J connectivity index is 1.49. The molecule has 0 aliphatic carbocycles. The third-order valence-corrected chi connectivity index (χ3v) is 8.03. The molecule has 1 amide bonds. The van der Waals surface area contributed by atoms with Crippen LogP contribution in [0.15, 0.2) is 42.5 Å². The maximum Gasteiger partial charge on any atom is 0.240 e. The van der Waals surface area contributed by atoms with E-state index in [1.165, 1.54) is 12.1 Å². The lowest BCUT2D eigenvalue weighted by molar-refractivity contribution is -0.142. The maximum atomic E-state index is 13.8. The van der Waals surface area contributed by atoms with Crippen LogP contribution in [0.5, 0.6) is 5.75 Å². The minimum absolute atomic E-state index is 0.0884. The first-order chi connectivity index (χ1) is 18.3. The van der Waals surface area contributed by atoms with Gasteiger partial charge in [0.1, 0.15) is 18.2 Å². The number of fused-ring (bicyclic) bond motifs is 1. The van der Waals surface area contributed by atoms with Crippen LogP contribution in [0.4, 0.5) is 4.39 Å². The molecule has 0 radical (unpaired) electrons. The van der Waals surface area contributed by atoms with Gasteiger partial charge in [0.15, 0.2) is 5.78 Å². The summed E-state index contributed by atoms with van der Waals surface area (Å²) in [7, 11) is 0. The molecule has 10 heteroatoms. The summed E-state index contributed by atoms with van der Waals surface area (Å²) in [6.45, 7) is 1.23. The summed E-state index contributed by atoms with van der Waals surface area (Å²) in [5.74, 6) is -0.0169. The van der Waals surface area contributed by atoms with E-state index in [0.717, 1.165) is 5.56 Å². The van der Waals surface area contributed by atoms with Crippen LogP contribution in [-0.4, -0.2) is 65.4 Å². The number of Topliss-reactive ketones (excluding diaryl/α,β-unsaturated/α-hetero) is 1. The highest BCUT2D eigenvalue weighted by Gasteiger charge is 2.45. The number of aryl methyl sites for hydroxylation is 1. The van der Waals surface area contributed by atoms with Crippen molar-refractivity contribution in [1.29, 1.82) is 5.26 Å². The Bertz CT molecular complexity index is 1190. The van der Waals surface area contributed by atoms with Crippen molar-refractivity contribution in [1.82, 2.24) is 9.80 Å². The number of nitrogens with two attached hydrogens (primary N) is 1. The average molecular weight is 561 g/mol. The summed E-state index contributed by atoms with van der Waals surface area (Å²) >= 11 is 12.1. The number of rotatable bonds is 10. The summed E-state index contributed by atoms with van der Waals surface area (Å²) in [5.41, 5.74) is 7.14. The molecule has 38 heavy (non-hydrogen) atoms. The first-order valence-corrected chi connectivity index (χ1v) is 13.6. The third kappa shape index (κ3) is 6.83. The monoisotopic (exact) mass is 560 g/mol. The predicted molar refractivity (Wildman–Crippen MR) is 144 cm³/mol. The van der Waals surface area contributed by atoms with Gasteiger partial charge in [-0.15, -0.1) is 0 Å². The van der Waals surface area contributed by atoms with Gasteiger partial charge in [-0.3, -0.25) is 14.5 Å². The van der Waals surface area contributed by atoms with E-state index in [9.17, 15) is 19.2 Å². The molecule has 2 aliphatic rings. The highest BCUT2D eigenvalue weighted by atomic mass is 35.5. The van der Waals surface area contributed by atoms with Gasteiger partial charge in [0.05, 0.1) is 28.2 Å². The molecule has 7 nitrogen and oxygen atoms in total. The largest absolute Gasteiger partial charge is 0.492 e. The summed E-state index contributed by atoms with van der Waals surface area (Å²) in [4.78, 5) is 31.0. The van der Waals surface area contributed by atoms with Gasteiger partial charge in [0.2, 0.25) is 5.91 Å². The van der Waals surface area contributed by atoms with Gasteiger partial charge in [-0.05, 0) is 67.6 Å². The Kier molecular flexibility index (Phi) is 9.61. The van der Waals surface area contributed by atoms with Crippen LogP contribution < -0.4 is 10.5 Å². The number of nitriles is 1. The van der Waals surface area contributed by atoms with E-state index in [1.807, 2.05) is 6.07 Å². The normalized spacial score (nSPS) is 22.4. The standard InChI is InChI=1S/C28H31Cl2FN4O3/c29-23-9-3-18(14-24(23)30)4-10-27(36)25(2-1-12-32)34-13-11-21(17-38-22-7-5-19(31)6-8-22)35-16-20(33)15-26(35)28(34)37/h3,5-9,14,20-21,25-26H,1-2,4,10-11,13,15-17,33H2/t20-,21?,25-,26+/m1/s1. The van der Waals surface area contributed by atoms with E-state index < -0.39 is 12.1 Å². The number of carbonyl (C=O) groups excluding carboxylic acids is 2. The number of ketones is 1. The van der Waals surface area contributed by atoms with E-state index in [1.54, 1.807) is 29.2 Å². The van der Waals surface area contributed by atoms with Gasteiger partial charge in [-0.2, -0.15) is 5.26 Å². The fourth-order valence-corrected chi connectivity index (χ4v) is 5.65. The smallest absolute Gasteiger partial charge is 0.240 e. The average Bonchev–Trinajstić information content (AvgIpc) is 3.24. The van der Waals surface area contributed by atoms with Crippen molar-refractivity contribution in [3.05, 3.63) is 63.9 Å². The highest BCUT2D eigenvalue weighted by molar-refractivity contribution is 6.42. The molecule has 0 spiro atoms. The lowest BCUT2D eigenvalue weighted by Crippen LogP contribution is -2.51. The van der Waals surface area contributed by atoms with Crippen LogP contribution >= 0.6 is 23.2 Å². The number of ether oxygens (including phenoxy) is 1. The molecule has 0 saturated carbocycles. The lowest BCUT2D eigenvalue weighted by Gasteiger charge is -2.32. The maximum absolute atomic E-state index is 13.8. The van der Waals surface area contributed by atoms with Crippen LogP contribution in [0, 0.1) is 17.1 Å².